The summed E-state index contributed by atoms with van der Waals surface area (Å²) in [5, 5.41) is 2.39. The van der Waals surface area contributed by atoms with Crippen molar-refractivity contribution in [2.75, 3.05) is 31.6 Å². The van der Waals surface area contributed by atoms with Crippen LogP contribution < -0.4 is 5.32 Å². The first kappa shape index (κ1) is 20.7. The summed E-state index contributed by atoms with van der Waals surface area (Å²) in [6.07, 6.45) is 0. The zero-order valence-corrected chi connectivity index (χ0v) is 16.8. The number of anilines is 1. The molecule has 0 spiro atoms. The number of halogens is 3. The minimum absolute atomic E-state index is 0.0126. The first-order valence-electron chi connectivity index (χ1n) is 8.70. The lowest BCUT2D eigenvalue weighted by Gasteiger charge is -2.26. The molecule has 158 valence electrons. The van der Waals surface area contributed by atoms with Crippen molar-refractivity contribution in [1.29, 1.82) is 0 Å². The summed E-state index contributed by atoms with van der Waals surface area (Å²) in [7, 11) is -4.16. The molecule has 0 bridgehead atoms. The summed E-state index contributed by atoms with van der Waals surface area (Å²) in [5.74, 6) is -3.41. The van der Waals surface area contributed by atoms with Crippen molar-refractivity contribution in [3.63, 3.8) is 0 Å². The van der Waals surface area contributed by atoms with Gasteiger partial charge in [-0.1, -0.05) is 11.3 Å². The maximum Gasteiger partial charge on any atom is 0.257 e. The lowest BCUT2D eigenvalue weighted by Crippen LogP contribution is -2.41. The lowest BCUT2D eigenvalue weighted by atomic mass is 10.2. The molecule has 0 atom stereocenters. The van der Waals surface area contributed by atoms with Gasteiger partial charge in [0.1, 0.15) is 22.0 Å². The number of rotatable bonds is 4. The van der Waals surface area contributed by atoms with Gasteiger partial charge in [-0.3, -0.25) is 10.1 Å². The molecule has 30 heavy (non-hydrogen) atoms. The van der Waals surface area contributed by atoms with E-state index in [-0.39, 0.29) is 47.2 Å². The van der Waals surface area contributed by atoms with E-state index in [1.165, 1.54) is 0 Å². The monoisotopic (exact) mass is 457 g/mol. The van der Waals surface area contributed by atoms with Gasteiger partial charge in [-0.2, -0.15) is 4.31 Å². The molecule has 1 aliphatic heterocycles. The molecule has 2 heterocycles. The standard InChI is InChI=1S/C18H14F3N3O4S2/c19-11-8-13(21)16-14(9-11)29-18(22-16)23-17(25)10-1-2-12(20)15(7-10)30(26,27)24-3-5-28-6-4-24/h1-2,7-9H,3-6H2,(H,22,23,25). The van der Waals surface area contributed by atoms with Gasteiger partial charge in [0.15, 0.2) is 10.9 Å². The first-order valence-corrected chi connectivity index (χ1v) is 11.0. The number of carbonyl (C=O) groups is 1. The number of nitrogens with one attached hydrogen (secondary N) is 1. The third-order valence-corrected chi connectivity index (χ3v) is 7.25. The number of morpholine rings is 1. The Labute approximate surface area is 173 Å². The molecule has 0 saturated carbocycles. The fraction of sp³-hybridized carbons (Fsp3) is 0.222. The molecule has 3 aromatic rings. The highest BCUT2D eigenvalue weighted by Gasteiger charge is 2.30. The Balaban J connectivity index is 1.62. The zero-order chi connectivity index (χ0) is 21.5. The largest absolute Gasteiger partial charge is 0.379 e. The average Bonchev–Trinajstić information content (AvgIpc) is 3.11. The summed E-state index contributed by atoms with van der Waals surface area (Å²) in [4.78, 5) is 15.8. The van der Waals surface area contributed by atoms with Crippen molar-refractivity contribution in [3.05, 3.63) is 53.3 Å². The number of benzene rings is 2. The predicted octanol–water partition coefficient (Wildman–Crippen LogP) is 2.99. The topological polar surface area (TPSA) is 88.6 Å². The van der Waals surface area contributed by atoms with E-state index < -0.39 is 38.3 Å². The van der Waals surface area contributed by atoms with Gasteiger partial charge in [0, 0.05) is 24.7 Å². The lowest BCUT2D eigenvalue weighted by molar-refractivity contribution is 0.0729. The maximum absolute atomic E-state index is 14.3. The Morgan fingerprint density at radius 2 is 1.83 bits per heavy atom. The molecule has 1 saturated heterocycles. The number of aromatic nitrogens is 1. The van der Waals surface area contributed by atoms with E-state index in [1.54, 1.807) is 0 Å². The molecule has 1 fully saturated rings. The molecule has 0 radical (unpaired) electrons. The van der Waals surface area contributed by atoms with Gasteiger partial charge in [-0.05, 0) is 24.3 Å². The quantitative estimate of drug-likeness (QED) is 0.651. The van der Waals surface area contributed by atoms with E-state index in [4.69, 9.17) is 4.74 Å². The van der Waals surface area contributed by atoms with Crippen LogP contribution in [0.4, 0.5) is 18.3 Å². The molecule has 7 nitrogen and oxygen atoms in total. The SMILES string of the molecule is O=C(Nc1nc2c(F)cc(F)cc2s1)c1ccc(F)c(S(=O)(=O)N2CCOCC2)c1. The Morgan fingerprint density at radius 3 is 2.57 bits per heavy atom. The maximum atomic E-state index is 14.3. The van der Waals surface area contributed by atoms with Crippen molar-refractivity contribution in [3.8, 4) is 0 Å². The summed E-state index contributed by atoms with van der Waals surface area (Å²) in [5.41, 5.74) is -0.236. The summed E-state index contributed by atoms with van der Waals surface area (Å²) in [6, 6.07) is 4.70. The molecule has 1 aliphatic rings. The second-order valence-corrected chi connectivity index (χ2v) is 9.31. The molecule has 1 amide bonds. The van der Waals surface area contributed by atoms with Crippen LogP contribution in [0.25, 0.3) is 10.2 Å². The van der Waals surface area contributed by atoms with Crippen molar-refractivity contribution in [1.82, 2.24) is 9.29 Å². The molecule has 1 N–H and O–H groups in total. The van der Waals surface area contributed by atoms with Gasteiger partial charge in [0.2, 0.25) is 10.0 Å². The molecule has 4 rings (SSSR count). The highest BCUT2D eigenvalue weighted by atomic mass is 32.2. The van der Waals surface area contributed by atoms with Gasteiger partial charge in [-0.25, -0.2) is 26.6 Å². The van der Waals surface area contributed by atoms with Gasteiger partial charge < -0.3 is 4.74 Å². The Kier molecular flexibility index (Phi) is 5.49. The highest BCUT2D eigenvalue weighted by molar-refractivity contribution is 7.89. The fourth-order valence-corrected chi connectivity index (χ4v) is 5.35. The Hall–Kier alpha value is -2.54. The summed E-state index contributed by atoms with van der Waals surface area (Å²) in [6.45, 7) is 0.531. The molecular formula is C18H14F3N3O4S2. The third kappa shape index (κ3) is 3.90. The van der Waals surface area contributed by atoms with Crippen molar-refractivity contribution < 1.29 is 31.1 Å². The van der Waals surface area contributed by atoms with Crippen LogP contribution in [0, 0.1) is 17.5 Å². The van der Waals surface area contributed by atoms with Gasteiger partial charge >= 0.3 is 0 Å². The van der Waals surface area contributed by atoms with Gasteiger partial charge in [0.05, 0.1) is 17.9 Å². The number of ether oxygens (including phenoxy) is 1. The van der Waals surface area contributed by atoms with Crippen molar-refractivity contribution >= 4 is 42.6 Å². The molecule has 0 aliphatic carbocycles. The van der Waals surface area contributed by atoms with Gasteiger partial charge in [0.25, 0.3) is 5.91 Å². The van der Waals surface area contributed by atoms with Crippen LogP contribution in [0.3, 0.4) is 0 Å². The van der Waals surface area contributed by atoms with Crippen LogP contribution in [0.5, 0.6) is 0 Å². The van der Waals surface area contributed by atoms with E-state index >= 15 is 0 Å². The number of hydrogen-bond donors (Lipinski definition) is 1. The first-order chi connectivity index (χ1) is 14.3. The van der Waals surface area contributed by atoms with E-state index in [1.807, 2.05) is 0 Å². The second-order valence-electron chi connectivity index (χ2n) is 6.37. The number of carbonyl (C=O) groups excluding carboxylic acids is 1. The fourth-order valence-electron chi connectivity index (χ4n) is 2.95. The molecule has 1 aromatic heterocycles. The minimum Gasteiger partial charge on any atom is -0.379 e. The van der Waals surface area contributed by atoms with Crippen LogP contribution in [-0.4, -0.2) is 49.9 Å². The molecule has 2 aromatic carbocycles. The Bertz CT molecular complexity index is 1240. The molecule has 0 unspecified atom stereocenters. The summed E-state index contributed by atoms with van der Waals surface area (Å²) < 4.78 is 73.3. The molecule has 12 heteroatoms. The third-order valence-electron chi connectivity index (χ3n) is 4.41. The van der Waals surface area contributed by atoms with E-state index in [2.05, 4.69) is 10.3 Å². The van der Waals surface area contributed by atoms with E-state index in [9.17, 15) is 26.4 Å². The van der Waals surface area contributed by atoms with Crippen LogP contribution in [-0.2, 0) is 14.8 Å². The number of fused-ring (bicyclic) bond motifs is 1. The van der Waals surface area contributed by atoms with Crippen LogP contribution in [0.1, 0.15) is 10.4 Å². The second kappa shape index (κ2) is 7.95. The van der Waals surface area contributed by atoms with Crippen LogP contribution in [0.2, 0.25) is 0 Å². The summed E-state index contributed by atoms with van der Waals surface area (Å²) >= 11 is 0.847. The predicted molar refractivity (Wildman–Crippen MR) is 103 cm³/mol. The number of sulfonamides is 1. The number of nitrogens with zero attached hydrogens (tertiary/aromatic N) is 2. The number of thiazole rings is 1. The van der Waals surface area contributed by atoms with Crippen molar-refractivity contribution in [2.24, 2.45) is 0 Å². The van der Waals surface area contributed by atoms with E-state index in [0.717, 1.165) is 39.9 Å². The Morgan fingerprint density at radius 1 is 1.10 bits per heavy atom. The number of hydrogen-bond acceptors (Lipinski definition) is 6. The van der Waals surface area contributed by atoms with Crippen LogP contribution >= 0.6 is 11.3 Å². The van der Waals surface area contributed by atoms with Gasteiger partial charge in [-0.15, -0.1) is 0 Å². The van der Waals surface area contributed by atoms with Crippen LogP contribution in [0.15, 0.2) is 35.2 Å². The average molecular weight is 457 g/mol. The zero-order valence-electron chi connectivity index (χ0n) is 15.2. The number of amides is 1. The van der Waals surface area contributed by atoms with E-state index in [0.29, 0.717) is 6.07 Å². The molecular weight excluding hydrogens is 443 g/mol. The minimum atomic E-state index is -4.16. The highest BCUT2D eigenvalue weighted by Crippen LogP contribution is 2.29. The normalized spacial score (nSPS) is 15.4. The smallest absolute Gasteiger partial charge is 0.257 e. The van der Waals surface area contributed by atoms with Crippen molar-refractivity contribution in [2.45, 2.75) is 4.90 Å².